The maximum atomic E-state index is 12.6. The fraction of sp³-hybridized carbons (Fsp3) is 0.375. The molecule has 0 bridgehead atoms. The highest BCUT2D eigenvalue weighted by atomic mass is 127. The summed E-state index contributed by atoms with van der Waals surface area (Å²) >= 11 is 0.896. The average Bonchev–Trinajstić information content (AvgIpc) is 3.13. The molecule has 0 fully saturated rings. The number of nitro benzene ring substituents is 1. The van der Waals surface area contributed by atoms with Crippen molar-refractivity contribution in [3.05, 3.63) is 50.5 Å². The van der Waals surface area contributed by atoms with E-state index in [1.807, 2.05) is 6.92 Å². The van der Waals surface area contributed by atoms with Gasteiger partial charge < -0.3 is 16.0 Å². The molecule has 0 spiro atoms. The van der Waals surface area contributed by atoms with Gasteiger partial charge in [-0.2, -0.15) is 13.2 Å². The van der Waals surface area contributed by atoms with E-state index in [0.29, 0.717) is 31.3 Å². The molecular formula is C16H20F3IN6O2S. The summed E-state index contributed by atoms with van der Waals surface area (Å²) in [7, 11) is 0. The smallest absolute Gasteiger partial charge is 0.378 e. The van der Waals surface area contributed by atoms with Crippen molar-refractivity contribution in [1.82, 2.24) is 15.6 Å². The van der Waals surface area contributed by atoms with Crippen LogP contribution in [-0.4, -0.2) is 35.5 Å². The second-order valence-corrected chi connectivity index (χ2v) is 6.39. The number of hydrogen-bond acceptors (Lipinski definition) is 6. The molecule has 0 amide bonds. The predicted octanol–water partition coefficient (Wildman–Crippen LogP) is 3.86. The van der Waals surface area contributed by atoms with Crippen LogP contribution in [0, 0.1) is 10.1 Å². The lowest BCUT2D eigenvalue weighted by molar-refractivity contribution is -0.384. The number of anilines is 1. The molecule has 160 valence electrons. The summed E-state index contributed by atoms with van der Waals surface area (Å²) in [5.74, 6) is 0.413. The summed E-state index contributed by atoms with van der Waals surface area (Å²) in [6.07, 6.45) is -4.47. The van der Waals surface area contributed by atoms with E-state index < -0.39 is 16.8 Å². The van der Waals surface area contributed by atoms with E-state index in [1.165, 1.54) is 6.07 Å². The molecule has 2 rings (SSSR count). The van der Waals surface area contributed by atoms with Gasteiger partial charge in [-0.15, -0.1) is 35.3 Å². The van der Waals surface area contributed by atoms with E-state index in [-0.39, 0.29) is 41.2 Å². The Hall–Kier alpha value is -2.16. The monoisotopic (exact) mass is 544 g/mol. The van der Waals surface area contributed by atoms with Crippen molar-refractivity contribution in [2.24, 2.45) is 4.99 Å². The summed E-state index contributed by atoms with van der Waals surface area (Å²) in [4.78, 5) is 18.2. The number of nitrogens with one attached hydrogen (secondary N) is 3. The number of rotatable bonds is 8. The van der Waals surface area contributed by atoms with E-state index >= 15 is 0 Å². The molecule has 0 aliphatic heterocycles. The zero-order valence-corrected chi connectivity index (χ0v) is 18.5. The summed E-state index contributed by atoms with van der Waals surface area (Å²) in [6.45, 7) is 3.20. The first-order valence-corrected chi connectivity index (χ1v) is 9.20. The van der Waals surface area contributed by atoms with Crippen LogP contribution < -0.4 is 16.0 Å². The van der Waals surface area contributed by atoms with Gasteiger partial charge in [0.2, 0.25) is 0 Å². The number of nitrogens with zero attached hydrogens (tertiary/aromatic N) is 3. The minimum absolute atomic E-state index is 0. The Morgan fingerprint density at radius 2 is 2.00 bits per heavy atom. The van der Waals surface area contributed by atoms with Crippen LogP contribution >= 0.6 is 35.3 Å². The second-order valence-electron chi connectivity index (χ2n) is 5.45. The Morgan fingerprint density at radius 1 is 1.28 bits per heavy atom. The number of nitro groups is 1. The normalized spacial score (nSPS) is 11.5. The zero-order valence-electron chi connectivity index (χ0n) is 15.3. The summed E-state index contributed by atoms with van der Waals surface area (Å²) in [6, 6.07) is 6.29. The van der Waals surface area contributed by atoms with Gasteiger partial charge in [0.15, 0.2) is 11.7 Å². The Kier molecular flexibility index (Phi) is 10.1. The fourth-order valence-corrected chi connectivity index (χ4v) is 2.89. The number of aromatic nitrogens is 1. The van der Waals surface area contributed by atoms with Crippen molar-refractivity contribution in [3.8, 4) is 0 Å². The maximum Gasteiger partial charge on any atom is 0.434 e. The van der Waals surface area contributed by atoms with Crippen LogP contribution in [0.15, 0.2) is 34.6 Å². The lowest BCUT2D eigenvalue weighted by Crippen LogP contribution is -2.39. The number of aliphatic imine (C=N–C) groups is 1. The quantitative estimate of drug-likeness (QED) is 0.117. The number of alkyl halides is 3. The van der Waals surface area contributed by atoms with Crippen LogP contribution in [0.25, 0.3) is 0 Å². The van der Waals surface area contributed by atoms with Crippen molar-refractivity contribution in [1.29, 1.82) is 0 Å². The number of hydrogen-bond donors (Lipinski definition) is 3. The average molecular weight is 544 g/mol. The summed E-state index contributed by atoms with van der Waals surface area (Å²) in [5, 5.41) is 21.1. The molecule has 29 heavy (non-hydrogen) atoms. The molecule has 0 radical (unpaired) electrons. The highest BCUT2D eigenvalue weighted by Crippen LogP contribution is 2.30. The largest absolute Gasteiger partial charge is 0.434 e. The van der Waals surface area contributed by atoms with E-state index in [2.05, 4.69) is 25.9 Å². The van der Waals surface area contributed by atoms with Gasteiger partial charge in [0.25, 0.3) is 5.69 Å². The van der Waals surface area contributed by atoms with Gasteiger partial charge in [-0.05, 0) is 13.0 Å². The summed E-state index contributed by atoms with van der Waals surface area (Å²) in [5.41, 5.74) is -0.541. The first-order chi connectivity index (χ1) is 13.3. The third kappa shape index (κ3) is 8.00. The van der Waals surface area contributed by atoms with Crippen LogP contribution in [0.5, 0.6) is 0 Å². The number of thiazole rings is 1. The van der Waals surface area contributed by atoms with Crippen LogP contribution in [0.3, 0.4) is 0 Å². The first kappa shape index (κ1) is 24.9. The SMILES string of the molecule is CCNC(=NCc1nc(C(F)(F)F)cs1)NCCNc1ccccc1[N+](=O)[O-].I. The Morgan fingerprint density at radius 3 is 2.62 bits per heavy atom. The minimum Gasteiger partial charge on any atom is -0.378 e. The molecule has 0 atom stereocenters. The predicted molar refractivity (Wildman–Crippen MR) is 117 cm³/mol. The topological polar surface area (TPSA) is 104 Å². The molecule has 3 N–H and O–H groups in total. The molecule has 0 aliphatic carbocycles. The van der Waals surface area contributed by atoms with Crippen LogP contribution in [0.2, 0.25) is 0 Å². The maximum absolute atomic E-state index is 12.6. The molecule has 0 saturated carbocycles. The first-order valence-electron chi connectivity index (χ1n) is 8.32. The number of para-hydroxylation sites is 2. The number of guanidine groups is 1. The van der Waals surface area contributed by atoms with E-state index in [1.54, 1.807) is 18.2 Å². The Labute approximate surface area is 186 Å². The third-order valence-corrected chi connectivity index (χ3v) is 4.23. The molecular weight excluding hydrogens is 524 g/mol. The van der Waals surface area contributed by atoms with E-state index in [9.17, 15) is 23.3 Å². The Balaban J connectivity index is 0.00000420. The number of halogens is 4. The van der Waals surface area contributed by atoms with Gasteiger partial charge in [-0.1, -0.05) is 12.1 Å². The minimum atomic E-state index is -4.47. The van der Waals surface area contributed by atoms with Crippen molar-refractivity contribution in [3.63, 3.8) is 0 Å². The lowest BCUT2D eigenvalue weighted by atomic mass is 10.2. The van der Waals surface area contributed by atoms with Crippen molar-refractivity contribution in [2.45, 2.75) is 19.6 Å². The molecule has 1 aromatic carbocycles. The molecule has 1 aromatic heterocycles. The highest BCUT2D eigenvalue weighted by Gasteiger charge is 2.33. The summed E-state index contributed by atoms with van der Waals surface area (Å²) < 4.78 is 37.7. The second kappa shape index (κ2) is 11.7. The number of benzene rings is 1. The standard InChI is InChI=1S/C16H19F3N6O2S.HI/c1-2-20-15(23-9-14-24-13(10-28-14)16(17,18)19)22-8-7-21-11-5-3-4-6-12(11)25(26)27;/h3-6,10,21H,2,7-9H2,1H3,(H2,20,22,23);1H. The van der Waals surface area contributed by atoms with E-state index in [4.69, 9.17) is 0 Å². The van der Waals surface area contributed by atoms with E-state index in [0.717, 1.165) is 16.7 Å². The molecule has 8 nitrogen and oxygen atoms in total. The molecule has 2 aromatic rings. The molecule has 13 heteroatoms. The van der Waals surface area contributed by atoms with Crippen LogP contribution in [0.4, 0.5) is 24.5 Å². The zero-order chi connectivity index (χ0) is 20.6. The molecule has 0 saturated heterocycles. The van der Waals surface area contributed by atoms with Gasteiger partial charge in [-0.3, -0.25) is 10.1 Å². The van der Waals surface area contributed by atoms with Crippen LogP contribution in [0.1, 0.15) is 17.6 Å². The van der Waals surface area contributed by atoms with Gasteiger partial charge in [0.1, 0.15) is 10.7 Å². The fourth-order valence-electron chi connectivity index (χ4n) is 2.16. The molecule has 0 unspecified atom stereocenters. The van der Waals surface area contributed by atoms with Crippen molar-refractivity contribution >= 4 is 52.6 Å². The highest BCUT2D eigenvalue weighted by molar-refractivity contribution is 14.0. The van der Waals surface area contributed by atoms with Crippen LogP contribution in [-0.2, 0) is 12.7 Å². The van der Waals surface area contributed by atoms with Gasteiger partial charge in [0.05, 0.1) is 11.5 Å². The van der Waals surface area contributed by atoms with Gasteiger partial charge >= 0.3 is 6.18 Å². The third-order valence-electron chi connectivity index (χ3n) is 3.39. The van der Waals surface area contributed by atoms with Gasteiger partial charge in [-0.25, -0.2) is 9.98 Å². The van der Waals surface area contributed by atoms with Crippen molar-refractivity contribution < 1.29 is 18.1 Å². The van der Waals surface area contributed by atoms with Crippen molar-refractivity contribution in [2.75, 3.05) is 25.0 Å². The lowest BCUT2D eigenvalue weighted by Gasteiger charge is -2.12. The van der Waals surface area contributed by atoms with Gasteiger partial charge in [0, 0.05) is 31.1 Å². The Bertz CT molecular complexity index is 831. The molecule has 1 heterocycles. The molecule has 0 aliphatic rings.